The molecule has 2 atom stereocenters. The van der Waals surface area contributed by atoms with Crippen LogP contribution in [0.2, 0.25) is 0 Å². The minimum Gasteiger partial charge on any atom is -0.324 e. The van der Waals surface area contributed by atoms with Crippen LogP contribution < -0.4 is 10.7 Å². The number of hydrogen-bond donors (Lipinski definition) is 3. The molecule has 3 rings (SSSR count). The fourth-order valence-corrected chi connectivity index (χ4v) is 4.16. The second kappa shape index (κ2) is 9.66. The van der Waals surface area contributed by atoms with Crippen LogP contribution in [0.3, 0.4) is 0 Å². The van der Waals surface area contributed by atoms with Crippen molar-refractivity contribution in [2.75, 3.05) is 18.4 Å². The molecule has 0 radical (unpaired) electrons. The molecule has 2 aliphatic rings. The number of hydrazine groups is 1. The molecule has 1 aliphatic carbocycles. The first-order valence-electron chi connectivity index (χ1n) is 9.91. The van der Waals surface area contributed by atoms with Gasteiger partial charge in [0.15, 0.2) is 0 Å². The van der Waals surface area contributed by atoms with E-state index in [4.69, 9.17) is 0 Å². The third kappa shape index (κ3) is 5.08. The van der Waals surface area contributed by atoms with Gasteiger partial charge in [0.2, 0.25) is 18.2 Å². The van der Waals surface area contributed by atoms with E-state index in [1.165, 1.54) is 5.01 Å². The standard InChI is InChI=1S/C20H28N4O4/c25-14-23(28)13-16(12-15-6-4-5-7-15)20(27)24-18(10-11-21-24)19(26)22-17-8-2-1-3-9-17/h1-3,8-9,14-16,18,21,28H,4-7,10-13H2,(H,22,26). The molecule has 1 heterocycles. The first-order valence-corrected chi connectivity index (χ1v) is 9.91. The number of hydrogen-bond acceptors (Lipinski definition) is 5. The zero-order chi connectivity index (χ0) is 19.9. The normalized spacial score (nSPS) is 20.8. The van der Waals surface area contributed by atoms with E-state index in [0.29, 0.717) is 42.5 Å². The molecule has 0 spiro atoms. The van der Waals surface area contributed by atoms with E-state index in [0.717, 1.165) is 25.7 Å². The number of para-hydroxylation sites is 1. The second-order valence-electron chi connectivity index (χ2n) is 7.59. The molecular formula is C20H28N4O4. The Morgan fingerprint density at radius 1 is 1.25 bits per heavy atom. The summed E-state index contributed by atoms with van der Waals surface area (Å²) in [4.78, 5) is 36.8. The number of amides is 3. The van der Waals surface area contributed by atoms with E-state index < -0.39 is 12.0 Å². The van der Waals surface area contributed by atoms with E-state index in [2.05, 4.69) is 10.7 Å². The van der Waals surface area contributed by atoms with Crippen molar-refractivity contribution in [3.8, 4) is 0 Å². The third-order valence-electron chi connectivity index (χ3n) is 5.56. The molecule has 3 amide bonds. The summed E-state index contributed by atoms with van der Waals surface area (Å²) in [5, 5.41) is 14.4. The summed E-state index contributed by atoms with van der Waals surface area (Å²) in [7, 11) is 0. The highest BCUT2D eigenvalue weighted by Crippen LogP contribution is 2.31. The van der Waals surface area contributed by atoms with Gasteiger partial charge in [0.05, 0.1) is 12.5 Å². The second-order valence-corrected chi connectivity index (χ2v) is 7.59. The van der Waals surface area contributed by atoms with Gasteiger partial charge in [0.1, 0.15) is 6.04 Å². The predicted molar refractivity (Wildman–Crippen MR) is 103 cm³/mol. The number of carbonyl (C=O) groups excluding carboxylic acids is 3. The molecule has 1 saturated carbocycles. The highest BCUT2D eigenvalue weighted by atomic mass is 16.5. The molecule has 1 aromatic carbocycles. The summed E-state index contributed by atoms with van der Waals surface area (Å²) in [6.07, 6.45) is 5.83. The van der Waals surface area contributed by atoms with Gasteiger partial charge in [-0.15, -0.1) is 0 Å². The molecule has 0 aromatic heterocycles. The molecule has 1 aromatic rings. The SMILES string of the molecule is O=CN(O)CC(CC1CCCC1)C(=O)N1NCCC1C(=O)Nc1ccccc1. The third-order valence-corrected chi connectivity index (χ3v) is 5.56. The molecule has 1 saturated heterocycles. The smallest absolute Gasteiger partial charge is 0.248 e. The molecule has 28 heavy (non-hydrogen) atoms. The lowest BCUT2D eigenvalue weighted by Crippen LogP contribution is -2.51. The Kier molecular flexibility index (Phi) is 7.00. The predicted octanol–water partition coefficient (Wildman–Crippen LogP) is 1.77. The van der Waals surface area contributed by atoms with Crippen LogP contribution in [-0.4, -0.2) is 52.6 Å². The maximum atomic E-state index is 13.2. The topological polar surface area (TPSA) is 102 Å². The first kappa shape index (κ1) is 20.3. The van der Waals surface area contributed by atoms with Gasteiger partial charge in [0, 0.05) is 12.2 Å². The van der Waals surface area contributed by atoms with Crippen molar-refractivity contribution in [2.45, 2.75) is 44.6 Å². The van der Waals surface area contributed by atoms with Gasteiger partial charge in [-0.25, -0.2) is 10.5 Å². The molecule has 3 N–H and O–H groups in total. The van der Waals surface area contributed by atoms with Crippen LogP contribution in [0.25, 0.3) is 0 Å². The Morgan fingerprint density at radius 3 is 2.64 bits per heavy atom. The fourth-order valence-electron chi connectivity index (χ4n) is 4.16. The Hall–Kier alpha value is -2.45. The molecule has 1 aliphatic heterocycles. The molecule has 2 fully saturated rings. The van der Waals surface area contributed by atoms with Crippen molar-refractivity contribution >= 4 is 23.9 Å². The number of nitrogens with zero attached hydrogens (tertiary/aromatic N) is 2. The van der Waals surface area contributed by atoms with Gasteiger partial charge >= 0.3 is 0 Å². The van der Waals surface area contributed by atoms with Crippen molar-refractivity contribution in [1.29, 1.82) is 0 Å². The van der Waals surface area contributed by atoms with Crippen LogP contribution in [0.4, 0.5) is 5.69 Å². The Bertz CT molecular complexity index is 678. The monoisotopic (exact) mass is 388 g/mol. The van der Waals surface area contributed by atoms with Crippen molar-refractivity contribution in [3.63, 3.8) is 0 Å². The minimum atomic E-state index is -0.623. The summed E-state index contributed by atoms with van der Waals surface area (Å²) < 4.78 is 0. The zero-order valence-corrected chi connectivity index (χ0v) is 15.9. The summed E-state index contributed by atoms with van der Waals surface area (Å²) >= 11 is 0. The van der Waals surface area contributed by atoms with Gasteiger partial charge in [-0.05, 0) is 30.9 Å². The quantitative estimate of drug-likeness (QED) is 0.358. The fraction of sp³-hybridized carbons (Fsp3) is 0.550. The van der Waals surface area contributed by atoms with Crippen molar-refractivity contribution in [3.05, 3.63) is 30.3 Å². The average molecular weight is 388 g/mol. The van der Waals surface area contributed by atoms with E-state index >= 15 is 0 Å². The van der Waals surface area contributed by atoms with Crippen LogP contribution in [0.15, 0.2) is 30.3 Å². The maximum absolute atomic E-state index is 13.2. The minimum absolute atomic E-state index is 0.0654. The summed E-state index contributed by atoms with van der Waals surface area (Å²) in [5.74, 6) is -0.636. The Morgan fingerprint density at radius 2 is 1.96 bits per heavy atom. The zero-order valence-electron chi connectivity index (χ0n) is 15.9. The summed E-state index contributed by atoms with van der Waals surface area (Å²) in [6, 6.07) is 8.49. The van der Waals surface area contributed by atoms with Crippen LogP contribution in [0, 0.1) is 11.8 Å². The average Bonchev–Trinajstić information content (AvgIpc) is 3.39. The largest absolute Gasteiger partial charge is 0.324 e. The van der Waals surface area contributed by atoms with Crippen LogP contribution in [0.1, 0.15) is 38.5 Å². The van der Waals surface area contributed by atoms with Crippen molar-refractivity contribution in [2.24, 2.45) is 11.8 Å². The van der Waals surface area contributed by atoms with Gasteiger partial charge in [-0.1, -0.05) is 43.9 Å². The highest BCUT2D eigenvalue weighted by molar-refractivity contribution is 5.97. The number of hydroxylamine groups is 2. The van der Waals surface area contributed by atoms with Crippen LogP contribution in [0.5, 0.6) is 0 Å². The molecule has 8 heteroatoms. The molecule has 2 unspecified atom stereocenters. The molecule has 152 valence electrons. The maximum Gasteiger partial charge on any atom is 0.248 e. The van der Waals surface area contributed by atoms with E-state index in [1.54, 1.807) is 12.1 Å². The Labute approximate surface area is 164 Å². The number of anilines is 1. The van der Waals surface area contributed by atoms with Gasteiger partial charge in [-0.3, -0.25) is 24.6 Å². The van der Waals surface area contributed by atoms with Crippen LogP contribution in [-0.2, 0) is 14.4 Å². The Balaban J connectivity index is 1.68. The molecule has 8 nitrogen and oxygen atoms in total. The summed E-state index contributed by atoms with van der Waals surface area (Å²) in [6.45, 7) is 0.454. The van der Waals surface area contributed by atoms with Gasteiger partial charge in [-0.2, -0.15) is 0 Å². The highest BCUT2D eigenvalue weighted by Gasteiger charge is 2.38. The lowest BCUT2D eigenvalue weighted by Gasteiger charge is -2.30. The number of carbonyl (C=O) groups is 3. The van der Waals surface area contributed by atoms with E-state index in [1.807, 2.05) is 18.2 Å². The van der Waals surface area contributed by atoms with E-state index in [-0.39, 0.29) is 18.4 Å². The number of nitrogens with one attached hydrogen (secondary N) is 2. The number of rotatable bonds is 8. The first-order chi connectivity index (χ1) is 13.6. The van der Waals surface area contributed by atoms with Crippen molar-refractivity contribution < 1.29 is 19.6 Å². The molecular weight excluding hydrogens is 360 g/mol. The lowest BCUT2D eigenvalue weighted by atomic mass is 9.92. The van der Waals surface area contributed by atoms with Gasteiger partial charge in [0.25, 0.3) is 0 Å². The van der Waals surface area contributed by atoms with Crippen LogP contribution >= 0.6 is 0 Å². The number of benzene rings is 1. The van der Waals surface area contributed by atoms with Gasteiger partial charge < -0.3 is 5.32 Å². The molecule has 0 bridgehead atoms. The summed E-state index contributed by atoms with van der Waals surface area (Å²) in [5.41, 5.74) is 3.68. The van der Waals surface area contributed by atoms with Crippen molar-refractivity contribution in [1.82, 2.24) is 15.5 Å². The van der Waals surface area contributed by atoms with E-state index in [9.17, 15) is 19.6 Å². The lowest BCUT2D eigenvalue weighted by molar-refractivity contribution is -0.159.